The number of hydrogen-bond acceptors (Lipinski definition) is 3. The summed E-state index contributed by atoms with van der Waals surface area (Å²) in [4.78, 5) is 0. The smallest absolute Gasteiger partial charge is 0.485 e. The van der Waals surface area contributed by atoms with Crippen molar-refractivity contribution in [2.45, 2.75) is 19.4 Å². The molecule has 0 aliphatic carbocycles. The van der Waals surface area contributed by atoms with Crippen LogP contribution in [0.15, 0.2) is 36.4 Å². The van der Waals surface area contributed by atoms with Crippen molar-refractivity contribution in [2.24, 2.45) is 0 Å². The maximum atomic E-state index is 10.7. The van der Waals surface area contributed by atoms with Gasteiger partial charge in [-0.25, -0.2) is 8.42 Å². The van der Waals surface area contributed by atoms with Crippen LogP contribution >= 0.6 is 0 Å². The van der Waals surface area contributed by atoms with Gasteiger partial charge in [-0.2, -0.15) is 13.2 Å². The molecule has 3 rings (SSSR count). The van der Waals surface area contributed by atoms with Crippen molar-refractivity contribution in [3.8, 4) is 11.1 Å². The van der Waals surface area contributed by atoms with Crippen LogP contribution < -0.4 is 21.2 Å². The standard InChI is InChI=1S/C14H12I.CHF3O3S/c1-9-5-3-7-11-13(9)14-10(2)6-4-8-12(14)15-11;2-1(3,4)8(5,6)7/h3-8H,1-2H3;(H,5,6,7)/q+1;/p-1. The molecule has 0 amide bonds. The number of benzene rings is 2. The molecule has 0 saturated carbocycles. The van der Waals surface area contributed by atoms with E-state index in [0.29, 0.717) is 0 Å². The molecule has 0 bridgehead atoms. The van der Waals surface area contributed by atoms with Gasteiger partial charge in [0.1, 0.15) is 0 Å². The molecular formula is C15H12F3IO3S. The molecule has 2 aromatic carbocycles. The summed E-state index contributed by atoms with van der Waals surface area (Å²) < 4.78 is 62.1. The van der Waals surface area contributed by atoms with Gasteiger partial charge in [0.25, 0.3) is 0 Å². The second-order valence-electron chi connectivity index (χ2n) is 4.86. The zero-order chi connectivity index (χ0) is 17.4. The lowest BCUT2D eigenvalue weighted by molar-refractivity contribution is -0.589. The Labute approximate surface area is 142 Å². The number of hydrogen-bond donors (Lipinski definition) is 0. The summed E-state index contributed by atoms with van der Waals surface area (Å²) in [7, 11) is -6.09. The summed E-state index contributed by atoms with van der Waals surface area (Å²) >= 11 is 0.0692. The first kappa shape index (κ1) is 18.2. The van der Waals surface area contributed by atoms with Crippen LogP contribution in [0.2, 0.25) is 0 Å². The summed E-state index contributed by atoms with van der Waals surface area (Å²) in [5, 5.41) is 0. The van der Waals surface area contributed by atoms with E-state index in [1.165, 1.54) is 22.3 Å². The molecule has 0 N–H and O–H groups in total. The Balaban J connectivity index is 0.000000207. The molecule has 0 saturated heterocycles. The lowest BCUT2D eigenvalue weighted by atomic mass is 9.97. The van der Waals surface area contributed by atoms with Crippen LogP contribution in [-0.2, 0) is 10.1 Å². The molecule has 23 heavy (non-hydrogen) atoms. The van der Waals surface area contributed by atoms with Crippen LogP contribution in [-0.4, -0.2) is 18.5 Å². The number of alkyl halides is 3. The highest BCUT2D eigenvalue weighted by atomic mass is 127. The van der Waals surface area contributed by atoms with Crippen molar-refractivity contribution in [1.29, 1.82) is 0 Å². The lowest BCUT2D eigenvalue weighted by Crippen LogP contribution is -3.61. The minimum Gasteiger partial charge on any atom is -0.741 e. The molecule has 3 nitrogen and oxygen atoms in total. The van der Waals surface area contributed by atoms with Gasteiger partial charge in [-0.1, -0.05) is 24.3 Å². The first-order chi connectivity index (χ1) is 10.5. The molecule has 0 atom stereocenters. The Morgan fingerprint density at radius 2 is 1.26 bits per heavy atom. The average Bonchev–Trinajstić information content (AvgIpc) is 2.78. The minimum absolute atomic E-state index is 0.0692. The normalized spacial score (nSPS) is 13.0. The molecule has 124 valence electrons. The third-order valence-corrected chi connectivity index (χ3v) is 6.71. The molecule has 0 unspecified atom stereocenters. The number of aryl methyl sites for hydroxylation is 2. The van der Waals surface area contributed by atoms with Crippen LogP contribution in [0, 0.1) is 21.0 Å². The predicted octanol–water partition coefficient (Wildman–Crippen LogP) is 0.464. The van der Waals surface area contributed by atoms with Crippen LogP contribution in [0.5, 0.6) is 0 Å². The van der Waals surface area contributed by atoms with E-state index in [2.05, 4.69) is 50.2 Å². The minimum atomic E-state index is -6.09. The van der Waals surface area contributed by atoms with E-state index in [1.54, 1.807) is 7.14 Å². The maximum Gasteiger partial charge on any atom is 0.485 e. The van der Waals surface area contributed by atoms with Gasteiger partial charge in [-0.15, -0.1) is 0 Å². The largest absolute Gasteiger partial charge is 0.741 e. The Bertz CT molecular complexity index is 796. The van der Waals surface area contributed by atoms with E-state index in [1.807, 2.05) is 0 Å². The van der Waals surface area contributed by atoms with Crippen molar-refractivity contribution in [3.05, 3.63) is 54.7 Å². The summed E-state index contributed by atoms with van der Waals surface area (Å²) in [6.45, 7) is 4.45. The van der Waals surface area contributed by atoms with Crippen molar-refractivity contribution in [2.75, 3.05) is 0 Å². The van der Waals surface area contributed by atoms with E-state index in [-0.39, 0.29) is 21.2 Å². The van der Waals surface area contributed by atoms with Gasteiger partial charge < -0.3 is 4.55 Å². The molecule has 1 aliphatic heterocycles. The molecule has 1 heterocycles. The first-order valence-corrected chi connectivity index (χ1v) is 9.95. The summed E-state index contributed by atoms with van der Waals surface area (Å²) in [5.74, 6) is 0. The fourth-order valence-electron chi connectivity index (χ4n) is 2.16. The van der Waals surface area contributed by atoms with E-state index in [0.717, 1.165) is 0 Å². The van der Waals surface area contributed by atoms with E-state index in [9.17, 15) is 13.2 Å². The number of fused-ring (bicyclic) bond motifs is 3. The van der Waals surface area contributed by atoms with Crippen LogP contribution in [0.4, 0.5) is 13.2 Å². The molecule has 8 heteroatoms. The highest BCUT2D eigenvalue weighted by Gasteiger charge is 2.37. The van der Waals surface area contributed by atoms with Crippen molar-refractivity contribution < 1.29 is 47.3 Å². The van der Waals surface area contributed by atoms with Crippen LogP contribution in [0.25, 0.3) is 11.1 Å². The summed E-state index contributed by atoms with van der Waals surface area (Å²) in [6.07, 6.45) is 0. The van der Waals surface area contributed by atoms with Crippen molar-refractivity contribution >= 4 is 10.1 Å². The third kappa shape index (κ3) is 3.86. The third-order valence-electron chi connectivity index (χ3n) is 3.18. The Hall–Kier alpha value is -1.13. The zero-order valence-corrected chi connectivity index (χ0v) is 15.1. The van der Waals surface area contributed by atoms with Crippen molar-refractivity contribution in [3.63, 3.8) is 0 Å². The van der Waals surface area contributed by atoms with Gasteiger partial charge in [-0.3, -0.25) is 0 Å². The first-order valence-electron chi connectivity index (χ1n) is 6.39. The summed E-state index contributed by atoms with van der Waals surface area (Å²) in [5.41, 5.74) is 0.268. The van der Waals surface area contributed by atoms with Crippen LogP contribution in [0.1, 0.15) is 11.1 Å². The second kappa shape index (κ2) is 6.40. The fraction of sp³-hybridized carbons (Fsp3) is 0.200. The number of halogens is 4. The summed E-state index contributed by atoms with van der Waals surface area (Å²) in [6, 6.07) is 13.4. The van der Waals surface area contributed by atoms with Gasteiger partial charge in [-0.05, 0) is 37.1 Å². The molecular weight excluding hydrogens is 444 g/mol. The fourth-order valence-corrected chi connectivity index (χ4v) is 5.49. The lowest BCUT2D eigenvalue weighted by Gasteiger charge is -2.08. The second-order valence-corrected chi connectivity index (χ2v) is 9.09. The monoisotopic (exact) mass is 456 g/mol. The van der Waals surface area contributed by atoms with Gasteiger partial charge in [0.2, 0.25) is 7.14 Å². The molecule has 0 aromatic heterocycles. The quantitative estimate of drug-likeness (QED) is 0.281. The predicted molar refractivity (Wildman–Crippen MR) is 74.5 cm³/mol. The van der Waals surface area contributed by atoms with Gasteiger partial charge in [0.15, 0.2) is 10.1 Å². The van der Waals surface area contributed by atoms with Crippen LogP contribution in [0.3, 0.4) is 0 Å². The van der Waals surface area contributed by atoms with E-state index >= 15 is 0 Å². The highest BCUT2D eigenvalue weighted by Crippen LogP contribution is 2.28. The zero-order valence-electron chi connectivity index (χ0n) is 12.1. The molecule has 2 aromatic rings. The van der Waals surface area contributed by atoms with Gasteiger partial charge >= 0.3 is 26.7 Å². The Morgan fingerprint density at radius 1 is 0.913 bits per heavy atom. The van der Waals surface area contributed by atoms with E-state index < -0.39 is 15.6 Å². The topological polar surface area (TPSA) is 57.2 Å². The van der Waals surface area contributed by atoms with Gasteiger partial charge in [0, 0.05) is 11.1 Å². The van der Waals surface area contributed by atoms with Crippen molar-refractivity contribution in [1.82, 2.24) is 0 Å². The molecule has 0 radical (unpaired) electrons. The molecule has 0 spiro atoms. The number of rotatable bonds is 0. The van der Waals surface area contributed by atoms with Gasteiger partial charge in [0.05, 0.1) is 0 Å². The maximum absolute atomic E-state index is 10.7. The highest BCUT2D eigenvalue weighted by molar-refractivity contribution is 7.86. The Kier molecular flexibility index (Phi) is 5.07. The average molecular weight is 456 g/mol. The molecule has 1 aliphatic rings. The Morgan fingerprint density at radius 3 is 1.57 bits per heavy atom. The SMILES string of the molecule is Cc1cccc2c1-c1c(C)cccc1[I+]2.O=S(=O)([O-])C(F)(F)F. The van der Waals surface area contributed by atoms with E-state index in [4.69, 9.17) is 13.0 Å². The molecule has 0 fully saturated rings.